The van der Waals surface area contributed by atoms with Gasteiger partial charge in [-0.25, -0.2) is 4.79 Å². The number of methoxy groups -OCH3 is 1. The van der Waals surface area contributed by atoms with Crippen LogP contribution in [-0.2, 0) is 16.0 Å². The molecular weight excluding hydrogens is 366 g/mol. The number of aryl methyl sites for hydroxylation is 1. The van der Waals surface area contributed by atoms with E-state index in [1.807, 2.05) is 49.4 Å². The summed E-state index contributed by atoms with van der Waals surface area (Å²) in [6, 6.07) is 21.3. The summed E-state index contributed by atoms with van der Waals surface area (Å²) in [4.78, 5) is 24.6. The van der Waals surface area contributed by atoms with E-state index in [4.69, 9.17) is 9.47 Å². The summed E-state index contributed by atoms with van der Waals surface area (Å²) in [6.07, 6.45) is 1.68. The maximum Gasteiger partial charge on any atom is 0.342 e. The quantitative estimate of drug-likeness (QED) is 0.586. The Morgan fingerprint density at radius 2 is 1.62 bits per heavy atom. The molecule has 1 atom stereocenters. The first-order chi connectivity index (χ1) is 14.1. The summed E-state index contributed by atoms with van der Waals surface area (Å²) in [5, 5.41) is 4.73. The highest BCUT2D eigenvalue weighted by Crippen LogP contribution is 2.26. The molecule has 0 radical (unpaired) electrons. The molecule has 3 rings (SSSR count). The van der Waals surface area contributed by atoms with E-state index >= 15 is 0 Å². The maximum atomic E-state index is 12.5. The first-order valence-corrected chi connectivity index (χ1v) is 9.64. The Morgan fingerprint density at radius 1 is 0.966 bits per heavy atom. The molecular formula is C24H25NO4. The van der Waals surface area contributed by atoms with Crippen molar-refractivity contribution in [1.82, 2.24) is 5.32 Å². The minimum atomic E-state index is -0.584. The second kappa shape index (κ2) is 9.73. The predicted molar refractivity (Wildman–Crippen MR) is 113 cm³/mol. The van der Waals surface area contributed by atoms with Crippen molar-refractivity contribution in [3.63, 3.8) is 0 Å². The molecule has 29 heavy (non-hydrogen) atoms. The molecule has 0 saturated heterocycles. The fourth-order valence-electron chi connectivity index (χ4n) is 3.17. The molecule has 0 fully saturated rings. The zero-order chi connectivity index (χ0) is 20.6. The van der Waals surface area contributed by atoms with Crippen molar-refractivity contribution in [3.05, 3.63) is 77.9 Å². The van der Waals surface area contributed by atoms with Gasteiger partial charge in [0, 0.05) is 6.04 Å². The normalized spacial score (nSPS) is 11.7. The zero-order valence-electron chi connectivity index (χ0n) is 16.7. The van der Waals surface area contributed by atoms with Crippen molar-refractivity contribution in [2.45, 2.75) is 25.8 Å². The maximum absolute atomic E-state index is 12.5. The van der Waals surface area contributed by atoms with Crippen LogP contribution in [0.2, 0.25) is 0 Å². The van der Waals surface area contributed by atoms with Gasteiger partial charge in [0.2, 0.25) is 0 Å². The Balaban J connectivity index is 1.53. The molecule has 3 aromatic rings. The number of carbonyl (C=O) groups excluding carboxylic acids is 2. The second-order valence-corrected chi connectivity index (χ2v) is 6.97. The second-order valence-electron chi connectivity index (χ2n) is 6.97. The lowest BCUT2D eigenvalue weighted by Gasteiger charge is -2.14. The third kappa shape index (κ3) is 5.57. The first kappa shape index (κ1) is 20.4. The summed E-state index contributed by atoms with van der Waals surface area (Å²) in [5.41, 5.74) is 1.53. The lowest BCUT2D eigenvalue weighted by atomic mass is 10.1. The summed E-state index contributed by atoms with van der Waals surface area (Å²) in [5.74, 6) is -0.483. The van der Waals surface area contributed by atoms with Crippen molar-refractivity contribution in [3.8, 4) is 5.75 Å². The van der Waals surface area contributed by atoms with Gasteiger partial charge in [0.15, 0.2) is 6.61 Å². The fourth-order valence-corrected chi connectivity index (χ4v) is 3.17. The first-order valence-electron chi connectivity index (χ1n) is 9.64. The lowest BCUT2D eigenvalue weighted by Crippen LogP contribution is -2.36. The van der Waals surface area contributed by atoms with Crippen LogP contribution in [0.4, 0.5) is 0 Å². The van der Waals surface area contributed by atoms with Gasteiger partial charge in [0.05, 0.1) is 7.11 Å². The SMILES string of the molecule is COc1cc2ccccc2cc1C(=O)OCC(=O)NC(C)CCc1ccccc1. The monoisotopic (exact) mass is 391 g/mol. The van der Waals surface area contributed by atoms with E-state index in [-0.39, 0.29) is 18.6 Å². The number of ether oxygens (including phenoxy) is 2. The van der Waals surface area contributed by atoms with Crippen molar-refractivity contribution >= 4 is 22.6 Å². The highest BCUT2D eigenvalue weighted by molar-refractivity contribution is 5.99. The number of hydrogen-bond donors (Lipinski definition) is 1. The number of nitrogens with one attached hydrogen (secondary N) is 1. The summed E-state index contributed by atoms with van der Waals surface area (Å²) in [7, 11) is 1.50. The number of hydrogen-bond acceptors (Lipinski definition) is 4. The van der Waals surface area contributed by atoms with Crippen LogP contribution in [-0.4, -0.2) is 31.6 Å². The van der Waals surface area contributed by atoms with Crippen LogP contribution >= 0.6 is 0 Å². The van der Waals surface area contributed by atoms with Gasteiger partial charge >= 0.3 is 5.97 Å². The Hall–Kier alpha value is -3.34. The van der Waals surface area contributed by atoms with Crippen molar-refractivity contribution < 1.29 is 19.1 Å². The number of esters is 1. The predicted octanol–water partition coefficient (Wildman–Crippen LogP) is 4.14. The van der Waals surface area contributed by atoms with Gasteiger partial charge in [-0.1, -0.05) is 54.6 Å². The Bertz CT molecular complexity index is 985. The summed E-state index contributed by atoms with van der Waals surface area (Å²) >= 11 is 0. The van der Waals surface area contributed by atoms with Crippen LogP contribution in [0.3, 0.4) is 0 Å². The van der Waals surface area contributed by atoms with E-state index < -0.39 is 5.97 Å². The Morgan fingerprint density at radius 3 is 2.31 bits per heavy atom. The van der Waals surface area contributed by atoms with Gasteiger partial charge in [-0.2, -0.15) is 0 Å². The standard InChI is InChI=1S/C24H25NO4/c1-17(12-13-18-8-4-3-5-9-18)25-23(26)16-29-24(27)21-14-19-10-6-7-11-20(19)15-22(21)28-2/h3-11,14-15,17H,12-13,16H2,1-2H3,(H,25,26). The average Bonchev–Trinajstić information content (AvgIpc) is 2.75. The van der Waals surface area contributed by atoms with Crippen LogP contribution < -0.4 is 10.1 Å². The average molecular weight is 391 g/mol. The van der Waals surface area contributed by atoms with Gasteiger partial charge in [-0.15, -0.1) is 0 Å². The number of amides is 1. The van der Waals surface area contributed by atoms with Crippen LogP contribution in [0, 0.1) is 0 Å². The highest BCUT2D eigenvalue weighted by Gasteiger charge is 2.17. The van der Waals surface area contributed by atoms with E-state index in [1.54, 1.807) is 12.1 Å². The number of fused-ring (bicyclic) bond motifs is 1. The lowest BCUT2D eigenvalue weighted by molar-refractivity contribution is -0.124. The molecule has 0 aromatic heterocycles. The molecule has 0 spiro atoms. The summed E-state index contributed by atoms with van der Waals surface area (Å²) in [6.45, 7) is 1.61. The minimum absolute atomic E-state index is 0.0170. The largest absolute Gasteiger partial charge is 0.496 e. The van der Waals surface area contributed by atoms with E-state index in [2.05, 4.69) is 17.4 Å². The Kier molecular flexibility index (Phi) is 6.85. The van der Waals surface area contributed by atoms with E-state index in [1.165, 1.54) is 12.7 Å². The molecule has 5 heteroatoms. The van der Waals surface area contributed by atoms with E-state index in [0.717, 1.165) is 23.6 Å². The third-order valence-electron chi connectivity index (χ3n) is 4.74. The zero-order valence-corrected chi connectivity index (χ0v) is 16.7. The van der Waals surface area contributed by atoms with Crippen molar-refractivity contribution in [2.24, 2.45) is 0 Å². The molecule has 5 nitrogen and oxygen atoms in total. The smallest absolute Gasteiger partial charge is 0.342 e. The van der Waals surface area contributed by atoms with Gasteiger partial charge in [0.1, 0.15) is 11.3 Å². The molecule has 0 aliphatic carbocycles. The molecule has 0 saturated carbocycles. The number of rotatable bonds is 8. The van der Waals surface area contributed by atoms with Gasteiger partial charge in [0.25, 0.3) is 5.91 Å². The molecule has 1 amide bonds. The topological polar surface area (TPSA) is 64.6 Å². The molecule has 0 aliphatic heterocycles. The van der Waals surface area contributed by atoms with Gasteiger partial charge in [-0.3, -0.25) is 4.79 Å². The summed E-state index contributed by atoms with van der Waals surface area (Å²) < 4.78 is 10.5. The third-order valence-corrected chi connectivity index (χ3v) is 4.74. The molecule has 150 valence electrons. The van der Waals surface area contributed by atoms with Gasteiger partial charge < -0.3 is 14.8 Å². The molecule has 1 unspecified atom stereocenters. The van der Waals surface area contributed by atoms with Crippen LogP contribution in [0.25, 0.3) is 10.8 Å². The van der Waals surface area contributed by atoms with Crippen LogP contribution in [0.1, 0.15) is 29.3 Å². The van der Waals surface area contributed by atoms with Gasteiger partial charge in [-0.05, 0) is 48.2 Å². The molecule has 3 aromatic carbocycles. The van der Waals surface area contributed by atoms with Crippen LogP contribution in [0.5, 0.6) is 5.75 Å². The van der Waals surface area contributed by atoms with Crippen LogP contribution in [0.15, 0.2) is 66.7 Å². The van der Waals surface area contributed by atoms with E-state index in [9.17, 15) is 9.59 Å². The highest BCUT2D eigenvalue weighted by atomic mass is 16.5. The minimum Gasteiger partial charge on any atom is -0.496 e. The Labute approximate surface area is 170 Å². The number of benzene rings is 3. The molecule has 0 bridgehead atoms. The fraction of sp³-hybridized carbons (Fsp3) is 0.250. The molecule has 0 heterocycles. The van der Waals surface area contributed by atoms with Crippen molar-refractivity contribution in [1.29, 1.82) is 0 Å². The molecule has 1 N–H and O–H groups in total. The van der Waals surface area contributed by atoms with E-state index in [0.29, 0.717) is 11.3 Å². The molecule has 0 aliphatic rings. The number of carbonyl (C=O) groups is 2. The van der Waals surface area contributed by atoms with Crippen molar-refractivity contribution in [2.75, 3.05) is 13.7 Å².